The molecule has 1 N–H and O–H groups in total. The van der Waals surface area contributed by atoms with Crippen LogP contribution in [-0.4, -0.2) is 23.7 Å². The van der Waals surface area contributed by atoms with Gasteiger partial charge in [0.15, 0.2) is 0 Å². The molecule has 94 valence electrons. The largest absolute Gasteiger partial charge is 0.481 e. The van der Waals surface area contributed by atoms with Crippen LogP contribution in [0, 0.1) is 12.8 Å². The molecule has 1 atom stereocenters. The lowest BCUT2D eigenvalue weighted by Crippen LogP contribution is -2.37. The number of hydrogen-bond acceptors (Lipinski definition) is 2. The Hall–Kier alpha value is -1.51. The molecule has 0 heterocycles. The average molecular weight is 235 g/mol. The van der Waals surface area contributed by atoms with E-state index in [-0.39, 0.29) is 5.92 Å². The Morgan fingerprint density at radius 2 is 2.00 bits per heavy atom. The van der Waals surface area contributed by atoms with E-state index in [1.165, 1.54) is 5.56 Å². The van der Waals surface area contributed by atoms with Crippen molar-refractivity contribution in [2.24, 2.45) is 5.92 Å². The topological polar surface area (TPSA) is 40.5 Å². The van der Waals surface area contributed by atoms with Gasteiger partial charge in [0, 0.05) is 18.3 Å². The van der Waals surface area contributed by atoms with Gasteiger partial charge in [-0.05, 0) is 38.5 Å². The highest BCUT2D eigenvalue weighted by Crippen LogP contribution is 2.20. The summed E-state index contributed by atoms with van der Waals surface area (Å²) in [4.78, 5) is 13.1. The SMILES string of the molecule is Cc1cccc(N(CC(C)C(=O)O)C(C)C)c1. The highest BCUT2D eigenvalue weighted by molar-refractivity contribution is 5.70. The van der Waals surface area contributed by atoms with Gasteiger partial charge in [-0.2, -0.15) is 0 Å². The van der Waals surface area contributed by atoms with Gasteiger partial charge in [-0.3, -0.25) is 4.79 Å². The molecule has 1 aromatic carbocycles. The zero-order valence-corrected chi connectivity index (χ0v) is 11.0. The number of nitrogens with zero attached hydrogens (tertiary/aromatic N) is 1. The van der Waals surface area contributed by atoms with Crippen molar-refractivity contribution in [1.29, 1.82) is 0 Å². The van der Waals surface area contributed by atoms with Gasteiger partial charge in [0.2, 0.25) is 0 Å². The van der Waals surface area contributed by atoms with Gasteiger partial charge in [0.25, 0.3) is 0 Å². The predicted octanol–water partition coefficient (Wildman–Crippen LogP) is 2.93. The van der Waals surface area contributed by atoms with Gasteiger partial charge >= 0.3 is 5.97 Å². The van der Waals surface area contributed by atoms with Crippen LogP contribution in [0.2, 0.25) is 0 Å². The van der Waals surface area contributed by atoms with Crippen LogP contribution in [0.5, 0.6) is 0 Å². The maximum atomic E-state index is 10.9. The number of carbonyl (C=O) groups is 1. The van der Waals surface area contributed by atoms with Crippen LogP contribution in [0.25, 0.3) is 0 Å². The minimum atomic E-state index is -0.747. The molecule has 0 aliphatic carbocycles. The van der Waals surface area contributed by atoms with E-state index in [1.54, 1.807) is 6.92 Å². The first-order chi connectivity index (χ1) is 7.91. The number of aryl methyl sites for hydroxylation is 1. The van der Waals surface area contributed by atoms with Crippen molar-refractivity contribution in [3.05, 3.63) is 29.8 Å². The maximum Gasteiger partial charge on any atom is 0.308 e. The lowest BCUT2D eigenvalue weighted by atomic mass is 10.1. The molecule has 1 rings (SSSR count). The number of hydrogen-bond donors (Lipinski definition) is 1. The zero-order valence-electron chi connectivity index (χ0n) is 11.0. The number of aliphatic carboxylic acids is 1. The Bertz CT molecular complexity index is 388. The quantitative estimate of drug-likeness (QED) is 0.853. The predicted molar refractivity (Wildman–Crippen MR) is 70.5 cm³/mol. The van der Waals surface area contributed by atoms with E-state index in [4.69, 9.17) is 5.11 Å². The second kappa shape index (κ2) is 5.71. The van der Waals surface area contributed by atoms with Crippen LogP contribution in [0.1, 0.15) is 26.3 Å². The molecule has 0 saturated carbocycles. The number of rotatable bonds is 5. The van der Waals surface area contributed by atoms with Crippen molar-refractivity contribution in [3.8, 4) is 0 Å². The maximum absolute atomic E-state index is 10.9. The van der Waals surface area contributed by atoms with Gasteiger partial charge in [-0.15, -0.1) is 0 Å². The number of benzene rings is 1. The Balaban J connectivity index is 2.90. The minimum absolute atomic E-state index is 0.290. The molecule has 3 heteroatoms. The first-order valence-corrected chi connectivity index (χ1v) is 5.98. The molecule has 1 aromatic rings. The molecule has 0 saturated heterocycles. The Labute approximate surface area is 103 Å². The summed E-state index contributed by atoms with van der Waals surface area (Å²) in [7, 11) is 0. The fourth-order valence-corrected chi connectivity index (χ4v) is 1.79. The fourth-order valence-electron chi connectivity index (χ4n) is 1.79. The first-order valence-electron chi connectivity index (χ1n) is 5.98. The molecule has 0 amide bonds. The molecule has 0 aliphatic heterocycles. The highest BCUT2D eigenvalue weighted by Gasteiger charge is 2.18. The van der Waals surface area contributed by atoms with Crippen molar-refractivity contribution in [2.45, 2.75) is 33.7 Å². The molecule has 0 aliphatic rings. The summed E-state index contributed by atoms with van der Waals surface area (Å²) in [5.41, 5.74) is 2.28. The first kappa shape index (κ1) is 13.6. The summed E-state index contributed by atoms with van der Waals surface area (Å²) in [5, 5.41) is 8.99. The molecule has 17 heavy (non-hydrogen) atoms. The molecule has 1 unspecified atom stereocenters. The smallest absolute Gasteiger partial charge is 0.308 e. The summed E-state index contributed by atoms with van der Waals surface area (Å²) in [5.74, 6) is -1.11. The van der Waals surface area contributed by atoms with Crippen molar-refractivity contribution >= 4 is 11.7 Å². The Morgan fingerprint density at radius 1 is 1.35 bits per heavy atom. The van der Waals surface area contributed by atoms with E-state index in [0.29, 0.717) is 12.6 Å². The number of anilines is 1. The van der Waals surface area contributed by atoms with Gasteiger partial charge in [0.05, 0.1) is 5.92 Å². The molecular weight excluding hydrogens is 214 g/mol. The lowest BCUT2D eigenvalue weighted by molar-refractivity contribution is -0.140. The van der Waals surface area contributed by atoms with Gasteiger partial charge < -0.3 is 10.0 Å². The van der Waals surface area contributed by atoms with Crippen molar-refractivity contribution in [3.63, 3.8) is 0 Å². The van der Waals surface area contributed by atoms with Crippen LogP contribution in [-0.2, 0) is 4.79 Å². The van der Waals surface area contributed by atoms with Gasteiger partial charge in [0.1, 0.15) is 0 Å². The summed E-state index contributed by atoms with van der Waals surface area (Å²) in [6.45, 7) is 8.49. The van der Waals surface area contributed by atoms with Crippen LogP contribution in [0.3, 0.4) is 0 Å². The molecular formula is C14H21NO2. The molecule has 0 spiro atoms. The second-order valence-electron chi connectivity index (χ2n) is 4.82. The molecule has 0 radical (unpaired) electrons. The third kappa shape index (κ3) is 3.77. The van der Waals surface area contributed by atoms with E-state index in [1.807, 2.05) is 25.1 Å². The standard InChI is InChI=1S/C14H21NO2/c1-10(2)15(9-12(4)14(16)17)13-7-5-6-11(3)8-13/h5-8,10,12H,9H2,1-4H3,(H,16,17). The Morgan fingerprint density at radius 3 is 2.47 bits per heavy atom. The highest BCUT2D eigenvalue weighted by atomic mass is 16.4. The van der Waals surface area contributed by atoms with E-state index in [9.17, 15) is 4.79 Å². The average Bonchev–Trinajstić information content (AvgIpc) is 2.24. The zero-order chi connectivity index (χ0) is 13.0. The lowest BCUT2D eigenvalue weighted by Gasteiger charge is -2.30. The number of carboxylic acids is 1. The third-order valence-corrected chi connectivity index (χ3v) is 2.85. The van der Waals surface area contributed by atoms with E-state index in [0.717, 1.165) is 5.69 Å². The van der Waals surface area contributed by atoms with Crippen LogP contribution >= 0.6 is 0 Å². The normalized spacial score (nSPS) is 12.5. The van der Waals surface area contributed by atoms with Crippen LogP contribution in [0.15, 0.2) is 24.3 Å². The summed E-state index contributed by atoms with van der Waals surface area (Å²) < 4.78 is 0. The summed E-state index contributed by atoms with van der Waals surface area (Å²) in [6, 6.07) is 8.46. The minimum Gasteiger partial charge on any atom is -0.481 e. The monoisotopic (exact) mass is 235 g/mol. The van der Waals surface area contributed by atoms with E-state index in [2.05, 4.69) is 24.8 Å². The Kier molecular flexibility index (Phi) is 4.55. The molecule has 0 fully saturated rings. The third-order valence-electron chi connectivity index (χ3n) is 2.85. The van der Waals surface area contributed by atoms with Crippen LogP contribution < -0.4 is 4.90 Å². The summed E-state index contributed by atoms with van der Waals surface area (Å²) in [6.07, 6.45) is 0. The molecule has 0 bridgehead atoms. The van der Waals surface area contributed by atoms with E-state index >= 15 is 0 Å². The van der Waals surface area contributed by atoms with E-state index < -0.39 is 5.97 Å². The van der Waals surface area contributed by atoms with Crippen molar-refractivity contribution < 1.29 is 9.90 Å². The summed E-state index contributed by atoms with van der Waals surface area (Å²) >= 11 is 0. The molecule has 3 nitrogen and oxygen atoms in total. The number of carboxylic acid groups (broad SMARTS) is 1. The van der Waals surface area contributed by atoms with Crippen LogP contribution in [0.4, 0.5) is 5.69 Å². The molecule has 0 aromatic heterocycles. The van der Waals surface area contributed by atoms with Crippen molar-refractivity contribution in [1.82, 2.24) is 0 Å². The van der Waals surface area contributed by atoms with Gasteiger partial charge in [-0.1, -0.05) is 19.1 Å². The van der Waals surface area contributed by atoms with Crippen molar-refractivity contribution in [2.75, 3.05) is 11.4 Å². The second-order valence-corrected chi connectivity index (χ2v) is 4.82. The van der Waals surface area contributed by atoms with Gasteiger partial charge in [-0.25, -0.2) is 0 Å². The fraction of sp³-hybridized carbons (Fsp3) is 0.500.